The monoisotopic (exact) mass is 364 g/mol. The lowest BCUT2D eigenvalue weighted by Gasteiger charge is -2.23. The molecule has 4 rings (SSSR count). The van der Waals surface area contributed by atoms with Crippen LogP contribution >= 0.6 is 0 Å². The van der Waals surface area contributed by atoms with Gasteiger partial charge in [0.05, 0.1) is 0 Å². The van der Waals surface area contributed by atoms with Gasteiger partial charge in [0, 0.05) is 31.4 Å². The second-order valence-electron chi connectivity index (χ2n) is 7.79. The third kappa shape index (κ3) is 4.57. The Morgan fingerprint density at radius 1 is 1.00 bits per heavy atom. The summed E-state index contributed by atoms with van der Waals surface area (Å²) in [5.74, 6) is 1.04. The van der Waals surface area contributed by atoms with Gasteiger partial charge < -0.3 is 15.8 Å². The molecular weight excluding hydrogens is 336 g/mol. The van der Waals surface area contributed by atoms with E-state index >= 15 is 0 Å². The van der Waals surface area contributed by atoms with E-state index in [-0.39, 0.29) is 11.8 Å². The summed E-state index contributed by atoms with van der Waals surface area (Å²) < 4.78 is 5.47. The Labute approximate surface area is 161 Å². The summed E-state index contributed by atoms with van der Waals surface area (Å²) in [6, 6.07) is 14.7. The van der Waals surface area contributed by atoms with Gasteiger partial charge >= 0.3 is 0 Å². The molecule has 2 aromatic carbocycles. The van der Waals surface area contributed by atoms with Crippen molar-refractivity contribution in [1.29, 1.82) is 0 Å². The standard InChI is InChI=1S/C23H28N2O2/c24-15-21-13-20(7-6-19(21)12-16-8-10-27-11-9-16)18-2-1-3-22(14-18)25-23(26)17-4-5-17/h1-3,6-7,13-14,16-17H,4-5,8-12,15,24H2,(H,25,26). The van der Waals surface area contributed by atoms with Crippen molar-refractivity contribution in [2.45, 2.75) is 38.6 Å². The van der Waals surface area contributed by atoms with E-state index < -0.39 is 0 Å². The second-order valence-corrected chi connectivity index (χ2v) is 7.79. The van der Waals surface area contributed by atoms with Crippen LogP contribution in [0.3, 0.4) is 0 Å². The number of rotatable bonds is 6. The van der Waals surface area contributed by atoms with E-state index in [9.17, 15) is 4.79 Å². The van der Waals surface area contributed by atoms with Crippen molar-refractivity contribution in [2.24, 2.45) is 17.6 Å². The molecule has 4 nitrogen and oxygen atoms in total. The van der Waals surface area contributed by atoms with E-state index in [1.165, 1.54) is 11.1 Å². The minimum Gasteiger partial charge on any atom is -0.381 e. The van der Waals surface area contributed by atoms with E-state index in [0.717, 1.165) is 62.1 Å². The zero-order chi connectivity index (χ0) is 18.6. The summed E-state index contributed by atoms with van der Waals surface area (Å²) >= 11 is 0. The Morgan fingerprint density at radius 2 is 1.78 bits per heavy atom. The van der Waals surface area contributed by atoms with Gasteiger partial charge in [-0.3, -0.25) is 4.79 Å². The molecule has 27 heavy (non-hydrogen) atoms. The van der Waals surface area contributed by atoms with Crippen molar-refractivity contribution in [3.05, 3.63) is 53.6 Å². The maximum atomic E-state index is 12.0. The number of nitrogens with two attached hydrogens (primary N) is 1. The lowest BCUT2D eigenvalue weighted by Crippen LogP contribution is -2.18. The summed E-state index contributed by atoms with van der Waals surface area (Å²) in [7, 11) is 0. The van der Waals surface area contributed by atoms with Crippen molar-refractivity contribution in [3.63, 3.8) is 0 Å². The molecule has 0 radical (unpaired) electrons. The summed E-state index contributed by atoms with van der Waals surface area (Å²) in [5, 5.41) is 3.03. The van der Waals surface area contributed by atoms with Crippen molar-refractivity contribution in [2.75, 3.05) is 18.5 Å². The smallest absolute Gasteiger partial charge is 0.227 e. The molecule has 2 fully saturated rings. The zero-order valence-corrected chi connectivity index (χ0v) is 15.7. The Balaban J connectivity index is 1.52. The van der Waals surface area contributed by atoms with E-state index in [4.69, 9.17) is 10.5 Å². The highest BCUT2D eigenvalue weighted by Gasteiger charge is 2.29. The fraction of sp³-hybridized carbons (Fsp3) is 0.435. The van der Waals surface area contributed by atoms with Crippen LogP contribution in [0.4, 0.5) is 5.69 Å². The average molecular weight is 364 g/mol. The molecule has 1 heterocycles. The topological polar surface area (TPSA) is 64.3 Å². The highest BCUT2D eigenvalue weighted by atomic mass is 16.5. The van der Waals surface area contributed by atoms with Gasteiger partial charge in [-0.05, 0) is 78.5 Å². The number of anilines is 1. The predicted molar refractivity (Wildman–Crippen MR) is 108 cm³/mol. The highest BCUT2D eigenvalue weighted by molar-refractivity contribution is 5.94. The molecular formula is C23H28N2O2. The minimum atomic E-state index is 0.140. The van der Waals surface area contributed by atoms with Gasteiger partial charge in [0.15, 0.2) is 0 Å². The Hall–Kier alpha value is -2.17. The largest absolute Gasteiger partial charge is 0.381 e. The molecule has 2 aliphatic rings. The predicted octanol–water partition coefficient (Wildman–Crippen LogP) is 4.13. The molecule has 0 bridgehead atoms. The van der Waals surface area contributed by atoms with Crippen LogP contribution in [-0.2, 0) is 22.5 Å². The minimum absolute atomic E-state index is 0.140. The molecule has 1 saturated heterocycles. The molecule has 1 aliphatic heterocycles. The number of benzene rings is 2. The highest BCUT2D eigenvalue weighted by Crippen LogP contribution is 2.31. The molecule has 0 atom stereocenters. The van der Waals surface area contributed by atoms with Crippen molar-refractivity contribution < 1.29 is 9.53 Å². The quantitative estimate of drug-likeness (QED) is 0.810. The molecule has 3 N–H and O–H groups in total. The van der Waals surface area contributed by atoms with Gasteiger partial charge in [0.1, 0.15) is 0 Å². The van der Waals surface area contributed by atoms with E-state index in [0.29, 0.717) is 12.5 Å². The molecule has 4 heteroatoms. The first kappa shape index (κ1) is 18.2. The van der Waals surface area contributed by atoms with Crippen molar-refractivity contribution in [3.8, 4) is 11.1 Å². The molecule has 0 spiro atoms. The molecule has 142 valence electrons. The Kier molecular flexibility index (Phi) is 5.55. The second kappa shape index (κ2) is 8.24. The van der Waals surface area contributed by atoms with Crippen molar-refractivity contribution in [1.82, 2.24) is 0 Å². The molecule has 2 aromatic rings. The maximum absolute atomic E-state index is 12.0. The fourth-order valence-electron chi connectivity index (χ4n) is 3.82. The van der Waals surface area contributed by atoms with Gasteiger partial charge in [-0.15, -0.1) is 0 Å². The number of hydrogen-bond donors (Lipinski definition) is 2. The van der Waals surface area contributed by atoms with E-state index in [1.807, 2.05) is 18.2 Å². The maximum Gasteiger partial charge on any atom is 0.227 e. The third-order valence-corrected chi connectivity index (χ3v) is 5.69. The summed E-state index contributed by atoms with van der Waals surface area (Å²) in [5.41, 5.74) is 11.7. The number of carbonyl (C=O) groups is 1. The van der Waals surface area contributed by atoms with Crippen LogP contribution in [0.15, 0.2) is 42.5 Å². The van der Waals surface area contributed by atoms with Gasteiger partial charge in [0.25, 0.3) is 0 Å². The number of nitrogens with one attached hydrogen (secondary N) is 1. The Bertz CT molecular complexity index is 808. The summed E-state index contributed by atoms with van der Waals surface area (Å²) in [4.78, 5) is 12.0. The first-order valence-corrected chi connectivity index (χ1v) is 10.0. The fourth-order valence-corrected chi connectivity index (χ4v) is 3.82. The van der Waals surface area contributed by atoms with E-state index in [2.05, 4.69) is 29.6 Å². The Morgan fingerprint density at radius 3 is 2.52 bits per heavy atom. The first-order valence-electron chi connectivity index (χ1n) is 10.0. The van der Waals surface area contributed by atoms with Crippen molar-refractivity contribution >= 4 is 11.6 Å². The molecule has 1 amide bonds. The van der Waals surface area contributed by atoms with Crippen LogP contribution in [0.2, 0.25) is 0 Å². The van der Waals surface area contributed by atoms with Gasteiger partial charge in [-0.25, -0.2) is 0 Å². The molecule has 0 unspecified atom stereocenters. The number of carbonyl (C=O) groups excluding carboxylic acids is 1. The zero-order valence-electron chi connectivity index (χ0n) is 15.7. The van der Waals surface area contributed by atoms with Gasteiger partial charge in [-0.1, -0.05) is 24.3 Å². The molecule has 1 saturated carbocycles. The van der Waals surface area contributed by atoms with Crippen LogP contribution in [0.25, 0.3) is 11.1 Å². The lowest BCUT2D eigenvalue weighted by molar-refractivity contribution is -0.117. The molecule has 1 aliphatic carbocycles. The van der Waals surface area contributed by atoms with Crippen LogP contribution in [0, 0.1) is 11.8 Å². The lowest BCUT2D eigenvalue weighted by atomic mass is 9.89. The van der Waals surface area contributed by atoms with E-state index in [1.54, 1.807) is 0 Å². The normalized spacial score (nSPS) is 17.7. The van der Waals surface area contributed by atoms with Crippen LogP contribution < -0.4 is 11.1 Å². The van der Waals surface area contributed by atoms with Gasteiger partial charge in [0.2, 0.25) is 5.91 Å². The van der Waals surface area contributed by atoms with Crippen LogP contribution in [0.1, 0.15) is 36.8 Å². The molecule has 0 aromatic heterocycles. The number of ether oxygens (including phenoxy) is 1. The van der Waals surface area contributed by atoms with Crippen LogP contribution in [0.5, 0.6) is 0 Å². The first-order chi connectivity index (χ1) is 13.2. The number of amides is 1. The summed E-state index contributed by atoms with van der Waals surface area (Å²) in [6.45, 7) is 2.30. The third-order valence-electron chi connectivity index (χ3n) is 5.69. The van der Waals surface area contributed by atoms with Gasteiger partial charge in [-0.2, -0.15) is 0 Å². The van der Waals surface area contributed by atoms with Crippen LogP contribution in [-0.4, -0.2) is 19.1 Å². The number of hydrogen-bond acceptors (Lipinski definition) is 3. The summed E-state index contributed by atoms with van der Waals surface area (Å²) in [6.07, 6.45) is 5.37. The SMILES string of the molecule is NCc1cc(-c2cccc(NC(=O)C3CC3)c2)ccc1CC1CCOCC1. The average Bonchev–Trinajstić information content (AvgIpc) is 3.55.